The predicted molar refractivity (Wildman–Crippen MR) is 118 cm³/mol. The molecule has 0 fully saturated rings. The topological polar surface area (TPSA) is 118 Å². The number of aromatic hydroxyl groups is 1. The normalized spacial score (nSPS) is 11.2. The fourth-order valence-corrected chi connectivity index (χ4v) is 3.73. The number of nitrogens with zero attached hydrogens (tertiary/aromatic N) is 1. The summed E-state index contributed by atoms with van der Waals surface area (Å²) in [6.07, 6.45) is 1.45. The summed E-state index contributed by atoms with van der Waals surface area (Å²) in [6, 6.07) is 14.9. The molecule has 0 amide bonds. The number of thioether (sulfide) groups is 1. The molecule has 3 aromatic carbocycles. The number of carboxylic acid groups (broad SMARTS) is 1. The van der Waals surface area contributed by atoms with Gasteiger partial charge >= 0.3 is 11.7 Å². The van der Waals surface area contributed by atoms with Crippen molar-refractivity contribution in [3.05, 3.63) is 110 Å². The lowest BCUT2D eigenvalue weighted by atomic mass is 10.1. The van der Waals surface area contributed by atoms with Crippen molar-refractivity contribution < 1.29 is 29.1 Å². The predicted octanol–water partition coefficient (Wildman–Crippen LogP) is 5.29. The van der Waals surface area contributed by atoms with E-state index < -0.39 is 28.1 Å². The first kappa shape index (κ1) is 22.7. The summed E-state index contributed by atoms with van der Waals surface area (Å²) in [5.41, 5.74) is 0.848. The first-order valence-corrected chi connectivity index (χ1v) is 10.2. The molecule has 0 spiro atoms. The van der Waals surface area contributed by atoms with Crippen molar-refractivity contribution in [3.63, 3.8) is 0 Å². The Morgan fingerprint density at radius 2 is 1.62 bits per heavy atom. The molecular weight excluding hydrogens is 437 g/mol. The van der Waals surface area contributed by atoms with Crippen LogP contribution in [0, 0.1) is 15.9 Å². The van der Waals surface area contributed by atoms with Crippen LogP contribution in [0.2, 0.25) is 0 Å². The van der Waals surface area contributed by atoms with Crippen molar-refractivity contribution in [3.8, 4) is 5.75 Å². The Labute approximate surface area is 186 Å². The fraction of sp³-hybridized carbons (Fsp3) is 0.0435. The number of nitro groups is 1. The van der Waals surface area contributed by atoms with E-state index in [1.165, 1.54) is 54.6 Å². The van der Waals surface area contributed by atoms with Crippen molar-refractivity contribution in [1.82, 2.24) is 0 Å². The summed E-state index contributed by atoms with van der Waals surface area (Å²) >= 11 is 1.15. The van der Waals surface area contributed by atoms with Crippen LogP contribution in [0.5, 0.6) is 5.75 Å². The molecule has 3 rings (SSSR count). The molecule has 0 radical (unpaired) electrons. The van der Waals surface area contributed by atoms with E-state index in [9.17, 15) is 29.2 Å². The third kappa shape index (κ3) is 5.58. The number of allylic oxidation sites excluding steroid dienone is 1. The molecule has 7 nitrogen and oxygen atoms in total. The molecule has 2 N–H and O–H groups in total. The second-order valence-electron chi connectivity index (χ2n) is 6.64. The number of aromatic carboxylic acids is 1. The molecule has 0 heterocycles. The highest BCUT2D eigenvalue weighted by atomic mass is 32.2. The zero-order chi connectivity index (χ0) is 23.3. The first-order chi connectivity index (χ1) is 15.2. The highest BCUT2D eigenvalue weighted by molar-refractivity contribution is 8.03. The summed E-state index contributed by atoms with van der Waals surface area (Å²) < 4.78 is 13.2. The van der Waals surface area contributed by atoms with E-state index in [2.05, 4.69) is 0 Å². The lowest BCUT2D eigenvalue weighted by molar-refractivity contribution is -0.385. The maximum atomic E-state index is 13.2. The molecule has 9 heteroatoms. The Bertz CT molecular complexity index is 1210. The van der Waals surface area contributed by atoms with Crippen LogP contribution in [0.4, 0.5) is 10.1 Å². The molecule has 0 aliphatic heterocycles. The Morgan fingerprint density at radius 1 is 1.00 bits per heavy atom. The van der Waals surface area contributed by atoms with Crippen LogP contribution < -0.4 is 0 Å². The van der Waals surface area contributed by atoms with Crippen LogP contribution in [0.25, 0.3) is 6.08 Å². The quantitative estimate of drug-likeness (QED) is 0.206. The van der Waals surface area contributed by atoms with Crippen LogP contribution in [-0.4, -0.2) is 26.9 Å². The maximum absolute atomic E-state index is 13.2. The van der Waals surface area contributed by atoms with Gasteiger partial charge in [0, 0.05) is 17.4 Å². The van der Waals surface area contributed by atoms with Crippen molar-refractivity contribution in [2.45, 2.75) is 5.75 Å². The van der Waals surface area contributed by atoms with Gasteiger partial charge in [-0.2, -0.15) is 0 Å². The molecule has 0 unspecified atom stereocenters. The molecule has 0 aromatic heterocycles. The number of ketones is 1. The Hall–Kier alpha value is -3.98. The number of halogens is 1. The standard InChI is InChI=1S/C23H16FNO6S/c24-18-8-1-14(2-9-18)13-32-21(12-15-3-10-20(26)19(11-15)25(30)31)22(27)16-4-6-17(7-5-16)23(28)29/h1-12,26H,13H2,(H,28,29)/b21-12+. The van der Waals surface area contributed by atoms with Gasteiger partial charge in [0.05, 0.1) is 15.4 Å². The van der Waals surface area contributed by atoms with E-state index in [1.54, 1.807) is 12.1 Å². The summed E-state index contributed by atoms with van der Waals surface area (Å²) in [5.74, 6) is -2.10. The molecule has 0 aliphatic rings. The zero-order valence-corrected chi connectivity index (χ0v) is 17.2. The van der Waals surface area contributed by atoms with E-state index >= 15 is 0 Å². The minimum absolute atomic E-state index is 0.0280. The molecule has 0 saturated carbocycles. The van der Waals surface area contributed by atoms with Crippen LogP contribution in [0.3, 0.4) is 0 Å². The minimum Gasteiger partial charge on any atom is -0.502 e. The van der Waals surface area contributed by atoms with Gasteiger partial charge in [-0.1, -0.05) is 30.3 Å². The van der Waals surface area contributed by atoms with Crippen LogP contribution in [0.15, 0.2) is 71.6 Å². The second kappa shape index (κ2) is 9.88. The summed E-state index contributed by atoms with van der Waals surface area (Å²) in [6.45, 7) is 0. The monoisotopic (exact) mass is 453 g/mol. The number of phenolic OH excluding ortho intramolecular Hbond substituents is 1. The van der Waals surface area contributed by atoms with E-state index in [4.69, 9.17) is 5.11 Å². The molecular formula is C23H16FNO6S. The van der Waals surface area contributed by atoms with E-state index in [0.29, 0.717) is 11.3 Å². The molecule has 0 atom stereocenters. The number of nitro benzene ring substituents is 1. The van der Waals surface area contributed by atoms with Gasteiger partial charge in [-0.05, 0) is 47.5 Å². The summed E-state index contributed by atoms with van der Waals surface area (Å²) in [5, 5.41) is 29.8. The highest BCUT2D eigenvalue weighted by Crippen LogP contribution is 2.31. The second-order valence-corrected chi connectivity index (χ2v) is 7.66. The van der Waals surface area contributed by atoms with Crippen molar-refractivity contribution in [2.24, 2.45) is 0 Å². The number of Topliss-reactive ketones (excluding diaryl/α,β-unsaturated/α-hetero) is 1. The largest absolute Gasteiger partial charge is 0.502 e. The lowest BCUT2D eigenvalue weighted by Crippen LogP contribution is -2.03. The third-order valence-electron chi connectivity index (χ3n) is 4.42. The minimum atomic E-state index is -1.12. The average Bonchev–Trinajstić information content (AvgIpc) is 2.78. The molecule has 32 heavy (non-hydrogen) atoms. The van der Waals surface area contributed by atoms with Gasteiger partial charge < -0.3 is 10.2 Å². The molecule has 3 aromatic rings. The van der Waals surface area contributed by atoms with Crippen molar-refractivity contribution >= 4 is 35.3 Å². The Morgan fingerprint density at radius 3 is 2.22 bits per heavy atom. The van der Waals surface area contributed by atoms with Gasteiger partial charge in [-0.15, -0.1) is 11.8 Å². The van der Waals surface area contributed by atoms with Crippen LogP contribution in [-0.2, 0) is 5.75 Å². The number of hydrogen-bond acceptors (Lipinski definition) is 6. The number of rotatable bonds is 8. The molecule has 0 aliphatic carbocycles. The number of phenols is 1. The van der Waals surface area contributed by atoms with Gasteiger partial charge in [-0.25, -0.2) is 9.18 Å². The van der Waals surface area contributed by atoms with Crippen LogP contribution in [0.1, 0.15) is 31.8 Å². The van der Waals surface area contributed by atoms with Crippen LogP contribution >= 0.6 is 11.8 Å². The third-order valence-corrected chi connectivity index (χ3v) is 5.51. The number of carboxylic acids is 1. The van der Waals surface area contributed by atoms with E-state index in [-0.39, 0.29) is 21.8 Å². The van der Waals surface area contributed by atoms with Gasteiger partial charge in [0.25, 0.3) is 0 Å². The molecule has 162 valence electrons. The highest BCUT2D eigenvalue weighted by Gasteiger charge is 2.17. The Kier molecular flexibility index (Phi) is 7.01. The molecule has 0 saturated heterocycles. The zero-order valence-electron chi connectivity index (χ0n) is 16.4. The SMILES string of the molecule is O=C(O)c1ccc(C(=O)/C(=C\c2ccc(O)c([N+](=O)[O-])c2)SCc2ccc(F)cc2)cc1. The first-order valence-electron chi connectivity index (χ1n) is 9.19. The van der Waals surface area contributed by atoms with Gasteiger partial charge in [0.2, 0.25) is 0 Å². The summed E-state index contributed by atoms with van der Waals surface area (Å²) in [4.78, 5) is 34.8. The van der Waals surface area contributed by atoms with Gasteiger partial charge in [-0.3, -0.25) is 14.9 Å². The van der Waals surface area contributed by atoms with Gasteiger partial charge in [0.15, 0.2) is 11.5 Å². The number of carbonyl (C=O) groups is 2. The Balaban J connectivity index is 1.96. The maximum Gasteiger partial charge on any atom is 0.335 e. The molecule has 0 bridgehead atoms. The fourth-order valence-electron chi connectivity index (χ4n) is 2.75. The number of carbonyl (C=O) groups excluding carboxylic acids is 1. The number of hydrogen-bond donors (Lipinski definition) is 2. The lowest BCUT2D eigenvalue weighted by Gasteiger charge is -2.08. The van der Waals surface area contributed by atoms with E-state index in [1.807, 2.05) is 0 Å². The number of benzene rings is 3. The summed E-state index contributed by atoms with van der Waals surface area (Å²) in [7, 11) is 0. The van der Waals surface area contributed by atoms with Crippen molar-refractivity contribution in [2.75, 3.05) is 0 Å². The average molecular weight is 453 g/mol. The van der Waals surface area contributed by atoms with Gasteiger partial charge in [0.1, 0.15) is 5.82 Å². The van der Waals surface area contributed by atoms with E-state index in [0.717, 1.165) is 23.4 Å². The van der Waals surface area contributed by atoms with Crippen molar-refractivity contribution in [1.29, 1.82) is 0 Å². The smallest absolute Gasteiger partial charge is 0.335 e.